The maximum Gasteiger partial charge on any atom is 0.263 e. The summed E-state index contributed by atoms with van der Waals surface area (Å²) in [5.41, 5.74) is 3.88. The lowest BCUT2D eigenvalue weighted by molar-refractivity contribution is 0.0937. The number of carbonyl (C=O) groups is 2. The molecule has 0 bridgehead atoms. The summed E-state index contributed by atoms with van der Waals surface area (Å²) >= 11 is 1.32. The van der Waals surface area contributed by atoms with E-state index in [1.54, 1.807) is 17.6 Å². The summed E-state index contributed by atoms with van der Waals surface area (Å²) in [5, 5.41) is 5.79. The number of nitrogens with one attached hydrogen (secondary N) is 2. The zero-order valence-corrected chi connectivity index (χ0v) is 14.4. The van der Waals surface area contributed by atoms with Gasteiger partial charge in [-0.15, -0.1) is 11.3 Å². The molecule has 0 fully saturated rings. The van der Waals surface area contributed by atoms with Gasteiger partial charge in [0.25, 0.3) is 11.8 Å². The third-order valence-corrected chi connectivity index (χ3v) is 4.51. The van der Waals surface area contributed by atoms with Crippen molar-refractivity contribution in [1.82, 2.24) is 15.6 Å². The summed E-state index contributed by atoms with van der Waals surface area (Å²) < 4.78 is 0. The van der Waals surface area contributed by atoms with Gasteiger partial charge >= 0.3 is 0 Å². The van der Waals surface area contributed by atoms with Crippen molar-refractivity contribution < 1.29 is 9.59 Å². The molecule has 0 unspecified atom stereocenters. The van der Waals surface area contributed by atoms with Gasteiger partial charge in [0.15, 0.2) is 0 Å². The molecule has 2 N–H and O–H groups in total. The fourth-order valence-corrected chi connectivity index (χ4v) is 2.73. The Morgan fingerprint density at radius 1 is 1.30 bits per heavy atom. The monoisotopic (exact) mass is 331 g/mol. The fourth-order valence-electron chi connectivity index (χ4n) is 2.01. The molecule has 2 rings (SSSR count). The maximum atomic E-state index is 12.1. The number of carbonyl (C=O) groups excluding carboxylic acids is 2. The van der Waals surface area contributed by atoms with Gasteiger partial charge in [-0.05, 0) is 38.0 Å². The third kappa shape index (κ3) is 4.63. The predicted molar refractivity (Wildman–Crippen MR) is 91.7 cm³/mol. The normalized spacial score (nSPS) is 11.8. The lowest BCUT2D eigenvalue weighted by Gasteiger charge is -2.12. The SMILES string of the molecule is CC[C@H](C)NC(=O)c1cccc(CNC(=O)c2scnc2C)c1. The molecule has 2 amide bonds. The Morgan fingerprint density at radius 3 is 2.74 bits per heavy atom. The number of benzene rings is 1. The van der Waals surface area contributed by atoms with Crippen LogP contribution in [0.15, 0.2) is 29.8 Å². The van der Waals surface area contributed by atoms with Crippen LogP contribution in [0.5, 0.6) is 0 Å². The van der Waals surface area contributed by atoms with Gasteiger partial charge in [-0.25, -0.2) is 4.98 Å². The van der Waals surface area contributed by atoms with E-state index in [0.717, 1.165) is 17.7 Å². The molecule has 5 nitrogen and oxygen atoms in total. The summed E-state index contributed by atoms with van der Waals surface area (Å²) in [6.45, 7) is 6.18. The minimum Gasteiger partial charge on any atom is -0.350 e. The molecule has 0 spiro atoms. The zero-order valence-electron chi connectivity index (χ0n) is 13.6. The summed E-state index contributed by atoms with van der Waals surface area (Å²) in [5.74, 6) is -0.231. The Balaban J connectivity index is 1.99. The van der Waals surface area contributed by atoms with E-state index in [2.05, 4.69) is 15.6 Å². The van der Waals surface area contributed by atoms with E-state index in [0.29, 0.717) is 17.0 Å². The van der Waals surface area contributed by atoms with E-state index in [-0.39, 0.29) is 17.9 Å². The quantitative estimate of drug-likeness (QED) is 0.855. The molecule has 2 aromatic rings. The van der Waals surface area contributed by atoms with Crippen molar-refractivity contribution in [2.24, 2.45) is 0 Å². The molecule has 23 heavy (non-hydrogen) atoms. The predicted octanol–water partition coefficient (Wildman–Crippen LogP) is 2.91. The van der Waals surface area contributed by atoms with Gasteiger partial charge in [-0.2, -0.15) is 0 Å². The number of nitrogens with zero attached hydrogens (tertiary/aromatic N) is 1. The number of hydrogen-bond donors (Lipinski definition) is 2. The highest BCUT2D eigenvalue weighted by Gasteiger charge is 2.12. The molecule has 122 valence electrons. The number of rotatable bonds is 6. The topological polar surface area (TPSA) is 71.1 Å². The minimum atomic E-state index is -0.139. The second-order valence-corrected chi connectivity index (χ2v) is 6.29. The standard InChI is InChI=1S/C17H21N3O2S/c1-4-11(2)20-16(21)14-7-5-6-13(8-14)9-18-17(22)15-12(3)19-10-23-15/h5-8,10-11H,4,9H2,1-3H3,(H,18,22)(H,20,21)/t11-/m0/s1. The van der Waals surface area contributed by atoms with Crippen LogP contribution in [-0.2, 0) is 6.54 Å². The Bertz CT molecular complexity index is 697. The Hall–Kier alpha value is -2.21. The molecule has 0 aliphatic heterocycles. The van der Waals surface area contributed by atoms with Crippen LogP contribution in [0.1, 0.15) is 51.6 Å². The van der Waals surface area contributed by atoms with Crippen molar-refractivity contribution in [3.05, 3.63) is 51.5 Å². The third-order valence-electron chi connectivity index (χ3n) is 3.58. The first kappa shape index (κ1) is 17.1. The van der Waals surface area contributed by atoms with Gasteiger partial charge in [0.05, 0.1) is 11.2 Å². The van der Waals surface area contributed by atoms with Crippen LogP contribution in [0.25, 0.3) is 0 Å². The van der Waals surface area contributed by atoms with E-state index in [1.165, 1.54) is 11.3 Å². The number of aromatic nitrogens is 1. The lowest BCUT2D eigenvalue weighted by atomic mass is 10.1. The smallest absolute Gasteiger partial charge is 0.263 e. The van der Waals surface area contributed by atoms with E-state index >= 15 is 0 Å². The van der Waals surface area contributed by atoms with Crippen molar-refractivity contribution in [1.29, 1.82) is 0 Å². The van der Waals surface area contributed by atoms with Crippen LogP contribution in [0.2, 0.25) is 0 Å². The van der Waals surface area contributed by atoms with Crippen LogP contribution in [0.4, 0.5) is 0 Å². The molecular formula is C17H21N3O2S. The number of hydrogen-bond acceptors (Lipinski definition) is 4. The van der Waals surface area contributed by atoms with Crippen molar-refractivity contribution in [2.75, 3.05) is 0 Å². The van der Waals surface area contributed by atoms with Crippen molar-refractivity contribution >= 4 is 23.2 Å². The molecule has 1 aromatic heterocycles. The number of thiazole rings is 1. The summed E-state index contributed by atoms with van der Waals surface area (Å²) in [4.78, 5) is 28.9. The van der Waals surface area contributed by atoms with Gasteiger partial charge in [0.1, 0.15) is 4.88 Å². The van der Waals surface area contributed by atoms with Crippen LogP contribution < -0.4 is 10.6 Å². The first-order chi connectivity index (χ1) is 11.0. The first-order valence-electron chi connectivity index (χ1n) is 7.59. The zero-order chi connectivity index (χ0) is 16.8. The van der Waals surface area contributed by atoms with E-state index in [4.69, 9.17) is 0 Å². The highest BCUT2D eigenvalue weighted by molar-refractivity contribution is 7.11. The Morgan fingerprint density at radius 2 is 2.09 bits per heavy atom. The van der Waals surface area contributed by atoms with Crippen LogP contribution >= 0.6 is 11.3 Å². The molecule has 0 aliphatic rings. The summed E-state index contributed by atoms with van der Waals surface area (Å²) in [6, 6.07) is 7.43. The highest BCUT2D eigenvalue weighted by Crippen LogP contribution is 2.12. The average molecular weight is 331 g/mol. The van der Waals surface area contributed by atoms with Crippen LogP contribution in [-0.4, -0.2) is 22.8 Å². The molecule has 0 radical (unpaired) electrons. The minimum absolute atomic E-state index is 0.0918. The maximum absolute atomic E-state index is 12.1. The molecule has 1 atom stereocenters. The van der Waals surface area contributed by atoms with Gasteiger partial charge < -0.3 is 10.6 Å². The molecule has 0 saturated heterocycles. The molecule has 1 aromatic carbocycles. The highest BCUT2D eigenvalue weighted by atomic mass is 32.1. The lowest BCUT2D eigenvalue weighted by Crippen LogP contribution is -2.32. The van der Waals surface area contributed by atoms with Gasteiger partial charge in [-0.1, -0.05) is 19.1 Å². The van der Waals surface area contributed by atoms with Crippen molar-refractivity contribution in [3.63, 3.8) is 0 Å². The van der Waals surface area contributed by atoms with E-state index in [9.17, 15) is 9.59 Å². The fraction of sp³-hybridized carbons (Fsp3) is 0.353. The molecule has 0 saturated carbocycles. The molecule has 0 aliphatic carbocycles. The van der Waals surface area contributed by atoms with Crippen LogP contribution in [0, 0.1) is 6.92 Å². The van der Waals surface area contributed by atoms with E-state index in [1.807, 2.05) is 32.9 Å². The van der Waals surface area contributed by atoms with Crippen molar-refractivity contribution in [3.8, 4) is 0 Å². The van der Waals surface area contributed by atoms with Gasteiger partial charge in [0, 0.05) is 18.2 Å². The molecule has 1 heterocycles. The number of amides is 2. The summed E-state index contributed by atoms with van der Waals surface area (Å²) in [7, 11) is 0. The molecular weight excluding hydrogens is 310 g/mol. The van der Waals surface area contributed by atoms with Crippen molar-refractivity contribution in [2.45, 2.75) is 39.8 Å². The second-order valence-electron chi connectivity index (χ2n) is 5.43. The second kappa shape index (κ2) is 7.87. The Labute approximate surface area is 140 Å². The van der Waals surface area contributed by atoms with E-state index < -0.39 is 0 Å². The molecule has 6 heteroatoms. The Kier molecular flexibility index (Phi) is 5.87. The summed E-state index contributed by atoms with van der Waals surface area (Å²) in [6.07, 6.45) is 0.885. The van der Waals surface area contributed by atoms with Gasteiger partial charge in [-0.3, -0.25) is 9.59 Å². The average Bonchev–Trinajstić information content (AvgIpc) is 2.98. The van der Waals surface area contributed by atoms with Crippen LogP contribution in [0.3, 0.4) is 0 Å². The van der Waals surface area contributed by atoms with Gasteiger partial charge in [0.2, 0.25) is 0 Å². The largest absolute Gasteiger partial charge is 0.350 e. The number of aryl methyl sites for hydroxylation is 1. The first-order valence-corrected chi connectivity index (χ1v) is 8.47.